The lowest BCUT2D eigenvalue weighted by atomic mass is 9.59. The first-order valence-corrected chi connectivity index (χ1v) is 13.2. The molecule has 0 N–H and O–H groups in total. The summed E-state index contributed by atoms with van der Waals surface area (Å²) >= 11 is 0. The monoisotopic (exact) mass is 434 g/mol. The molecule has 3 saturated carbocycles. The summed E-state index contributed by atoms with van der Waals surface area (Å²) in [5.74, 6) is 4.71. The Morgan fingerprint density at radius 1 is 0.969 bits per heavy atom. The number of rotatable bonds is 7. The van der Waals surface area contributed by atoms with Crippen molar-refractivity contribution in [3.8, 4) is 5.75 Å². The first-order valence-electron chi connectivity index (χ1n) is 13.2. The molecule has 2 nitrogen and oxygen atoms in total. The second kappa shape index (κ2) is 11.3. The maximum absolute atomic E-state index is 13.1. The van der Waals surface area contributed by atoms with Crippen molar-refractivity contribution in [3.05, 3.63) is 54.6 Å². The summed E-state index contributed by atoms with van der Waals surface area (Å²) in [6.07, 6.45) is 21.5. The molecular weight excluding hydrogens is 392 g/mol. The number of ether oxygens (including phenoxy) is 1. The van der Waals surface area contributed by atoms with Crippen LogP contribution in [0.2, 0.25) is 0 Å². The topological polar surface area (TPSA) is 26.3 Å². The first-order chi connectivity index (χ1) is 15.7. The molecule has 0 spiro atoms. The van der Waals surface area contributed by atoms with E-state index in [1.807, 2.05) is 18.2 Å². The molecule has 3 aliphatic carbocycles. The molecule has 174 valence electrons. The summed E-state index contributed by atoms with van der Waals surface area (Å²) in [4.78, 5) is 13.1. The number of esters is 1. The van der Waals surface area contributed by atoms with Crippen LogP contribution in [-0.4, -0.2) is 5.97 Å². The molecule has 32 heavy (non-hydrogen) atoms. The Bertz CT molecular complexity index is 769. The van der Waals surface area contributed by atoms with Crippen molar-refractivity contribution >= 4 is 5.97 Å². The lowest BCUT2D eigenvalue weighted by Gasteiger charge is -2.45. The molecule has 2 heteroatoms. The number of hydrogen-bond donors (Lipinski definition) is 0. The van der Waals surface area contributed by atoms with Gasteiger partial charge in [0.2, 0.25) is 0 Å². The van der Waals surface area contributed by atoms with Gasteiger partial charge in [0.15, 0.2) is 0 Å². The van der Waals surface area contributed by atoms with Gasteiger partial charge in [-0.05, 0) is 118 Å². The average molecular weight is 435 g/mol. The summed E-state index contributed by atoms with van der Waals surface area (Å²) in [5.41, 5.74) is 1.26. The van der Waals surface area contributed by atoms with E-state index in [-0.39, 0.29) is 11.9 Å². The van der Waals surface area contributed by atoms with Crippen molar-refractivity contribution in [1.29, 1.82) is 0 Å². The first kappa shape index (κ1) is 23.3. The van der Waals surface area contributed by atoms with Crippen LogP contribution in [0.4, 0.5) is 0 Å². The number of allylic oxidation sites excluding steroid dienone is 3. The number of hydrogen-bond acceptors (Lipinski definition) is 2. The third kappa shape index (κ3) is 5.74. The molecule has 4 rings (SSSR count). The number of carbonyl (C=O) groups is 1. The highest BCUT2D eigenvalue weighted by molar-refractivity contribution is 5.75. The number of fused-ring (bicyclic) bond motifs is 1. The zero-order valence-electron chi connectivity index (χ0n) is 20.0. The molecule has 0 amide bonds. The minimum atomic E-state index is 0.0175. The van der Waals surface area contributed by atoms with Gasteiger partial charge in [-0.1, -0.05) is 43.2 Å². The molecule has 0 saturated heterocycles. The molecule has 1 aromatic carbocycles. The van der Waals surface area contributed by atoms with E-state index in [2.05, 4.69) is 37.8 Å². The standard InChI is InChI=1S/C30H42O2/c1-3-5-8-23-13-18-27(19-14-23)32-30(31)29-10-6-9-26-21-25(17-20-28(26)29)24-15-11-22(7-4-2)12-16-24/h3-4,7,13-14,18-19,22,24-26,28-29H,1,5-6,8-12,15-17,20-21H2,2H3/b7-4+. The van der Waals surface area contributed by atoms with Crippen molar-refractivity contribution in [2.24, 2.45) is 35.5 Å². The highest BCUT2D eigenvalue weighted by Gasteiger charge is 2.43. The second-order valence-corrected chi connectivity index (χ2v) is 10.6. The van der Waals surface area contributed by atoms with Gasteiger partial charge < -0.3 is 4.74 Å². The Balaban J connectivity index is 1.30. The molecule has 4 atom stereocenters. The molecule has 0 heterocycles. The highest BCUT2D eigenvalue weighted by Crippen LogP contribution is 2.50. The summed E-state index contributed by atoms with van der Waals surface area (Å²) in [6, 6.07) is 8.06. The summed E-state index contributed by atoms with van der Waals surface area (Å²) in [6.45, 7) is 5.94. The molecule has 1 aromatic rings. The van der Waals surface area contributed by atoms with E-state index in [9.17, 15) is 4.79 Å². The number of benzene rings is 1. The third-order valence-corrected chi connectivity index (χ3v) is 8.72. The van der Waals surface area contributed by atoms with Gasteiger partial charge in [0.1, 0.15) is 5.75 Å². The van der Waals surface area contributed by atoms with Gasteiger partial charge in [-0.2, -0.15) is 0 Å². The fraction of sp³-hybridized carbons (Fsp3) is 0.633. The minimum absolute atomic E-state index is 0.0175. The van der Waals surface area contributed by atoms with Crippen LogP contribution < -0.4 is 4.74 Å². The van der Waals surface area contributed by atoms with E-state index in [1.165, 1.54) is 63.4 Å². The zero-order valence-corrected chi connectivity index (χ0v) is 20.0. The van der Waals surface area contributed by atoms with Crippen molar-refractivity contribution < 1.29 is 9.53 Å². The summed E-state index contributed by atoms with van der Waals surface area (Å²) in [7, 11) is 0. The van der Waals surface area contributed by atoms with Gasteiger partial charge in [0, 0.05) is 0 Å². The van der Waals surface area contributed by atoms with Crippen LogP contribution in [0.25, 0.3) is 0 Å². The molecule has 4 unspecified atom stereocenters. The smallest absolute Gasteiger partial charge is 0.314 e. The lowest BCUT2D eigenvalue weighted by Crippen LogP contribution is -2.40. The maximum atomic E-state index is 13.1. The fourth-order valence-electron chi connectivity index (χ4n) is 6.99. The van der Waals surface area contributed by atoms with E-state index in [0.717, 1.165) is 42.9 Å². The minimum Gasteiger partial charge on any atom is -0.426 e. The van der Waals surface area contributed by atoms with Gasteiger partial charge in [-0.15, -0.1) is 6.58 Å². The van der Waals surface area contributed by atoms with Gasteiger partial charge in [-0.3, -0.25) is 4.79 Å². The van der Waals surface area contributed by atoms with E-state index in [0.29, 0.717) is 11.7 Å². The fourth-order valence-corrected chi connectivity index (χ4v) is 6.99. The highest BCUT2D eigenvalue weighted by atomic mass is 16.5. The molecule has 3 fully saturated rings. The third-order valence-electron chi connectivity index (χ3n) is 8.72. The van der Waals surface area contributed by atoms with Gasteiger partial charge in [-0.25, -0.2) is 0 Å². The molecule has 0 radical (unpaired) electrons. The van der Waals surface area contributed by atoms with E-state index in [4.69, 9.17) is 4.74 Å². The van der Waals surface area contributed by atoms with E-state index < -0.39 is 0 Å². The van der Waals surface area contributed by atoms with Crippen LogP contribution in [0.5, 0.6) is 5.75 Å². The summed E-state index contributed by atoms with van der Waals surface area (Å²) in [5, 5.41) is 0. The quantitative estimate of drug-likeness (QED) is 0.247. The summed E-state index contributed by atoms with van der Waals surface area (Å²) < 4.78 is 5.87. The molecule has 0 aromatic heterocycles. The zero-order chi connectivity index (χ0) is 22.3. The van der Waals surface area contributed by atoms with Gasteiger partial charge in [0.05, 0.1) is 5.92 Å². The predicted octanol–water partition coefficient (Wildman–Crippen LogP) is 7.93. The van der Waals surface area contributed by atoms with Crippen LogP contribution >= 0.6 is 0 Å². The van der Waals surface area contributed by atoms with Crippen LogP contribution in [0.15, 0.2) is 49.1 Å². The van der Waals surface area contributed by atoms with Crippen molar-refractivity contribution in [1.82, 2.24) is 0 Å². The van der Waals surface area contributed by atoms with Crippen molar-refractivity contribution in [2.75, 3.05) is 0 Å². The normalized spacial score (nSPS) is 32.9. The molecule has 0 aliphatic heterocycles. The Labute approximate surface area is 195 Å². The van der Waals surface area contributed by atoms with Crippen molar-refractivity contribution in [2.45, 2.75) is 84.0 Å². The van der Waals surface area contributed by atoms with E-state index >= 15 is 0 Å². The van der Waals surface area contributed by atoms with Gasteiger partial charge in [0.25, 0.3) is 0 Å². The Morgan fingerprint density at radius 2 is 1.72 bits per heavy atom. The largest absolute Gasteiger partial charge is 0.426 e. The molecule has 0 bridgehead atoms. The Kier molecular flexibility index (Phi) is 8.27. The van der Waals surface area contributed by atoms with Crippen LogP contribution in [0, 0.1) is 35.5 Å². The van der Waals surface area contributed by atoms with Crippen LogP contribution in [0.3, 0.4) is 0 Å². The SMILES string of the molecule is C=CCCc1ccc(OC(=O)C2CCCC3CC(C4CCC(/C=C/C)CC4)CCC32)cc1. The lowest BCUT2D eigenvalue weighted by molar-refractivity contribution is -0.144. The number of aryl methyl sites for hydroxylation is 1. The molecule has 3 aliphatic rings. The number of carbonyl (C=O) groups excluding carboxylic acids is 1. The average Bonchev–Trinajstić information content (AvgIpc) is 2.83. The van der Waals surface area contributed by atoms with Crippen LogP contribution in [0.1, 0.15) is 83.1 Å². The second-order valence-electron chi connectivity index (χ2n) is 10.6. The Morgan fingerprint density at radius 3 is 2.44 bits per heavy atom. The van der Waals surface area contributed by atoms with Gasteiger partial charge >= 0.3 is 5.97 Å². The molecular formula is C30H42O2. The maximum Gasteiger partial charge on any atom is 0.314 e. The van der Waals surface area contributed by atoms with Crippen molar-refractivity contribution in [3.63, 3.8) is 0 Å². The van der Waals surface area contributed by atoms with Crippen LogP contribution in [-0.2, 0) is 11.2 Å². The Hall–Kier alpha value is -1.83. The predicted molar refractivity (Wildman–Crippen MR) is 133 cm³/mol. The van der Waals surface area contributed by atoms with E-state index in [1.54, 1.807) is 0 Å².